The number of nitrogens with one attached hydrogen (secondary N) is 1. The fourth-order valence-electron chi connectivity index (χ4n) is 3.49. The molecule has 2 aromatic heterocycles. The van der Waals surface area contributed by atoms with Crippen LogP contribution in [0.4, 0.5) is 5.69 Å². The lowest BCUT2D eigenvalue weighted by Gasteiger charge is -2.19. The minimum Gasteiger partial charge on any atom is -0.386 e. The zero-order valence-corrected chi connectivity index (χ0v) is 18.0. The molecule has 0 bridgehead atoms. The van der Waals surface area contributed by atoms with E-state index in [0.717, 1.165) is 39.0 Å². The van der Waals surface area contributed by atoms with Gasteiger partial charge in [-0.05, 0) is 61.7 Å². The third-order valence-corrected chi connectivity index (χ3v) is 5.53. The monoisotopic (exact) mass is 417 g/mol. The van der Waals surface area contributed by atoms with E-state index in [-0.39, 0.29) is 6.04 Å². The topological polar surface area (TPSA) is 58.0 Å². The fraction of sp³-hybridized carbons (Fsp3) is 0.200. The molecule has 4 rings (SSSR count). The maximum absolute atomic E-state index is 10.2. The molecule has 0 amide bonds. The van der Waals surface area contributed by atoms with Crippen molar-refractivity contribution in [1.29, 1.82) is 0 Å². The molecule has 0 saturated carbocycles. The lowest BCUT2D eigenvalue weighted by atomic mass is 9.95. The maximum Gasteiger partial charge on any atom is 0.0840 e. The molecule has 5 heteroatoms. The third-order valence-electron chi connectivity index (χ3n) is 5.24. The highest BCUT2D eigenvalue weighted by atomic mass is 35.5. The summed E-state index contributed by atoms with van der Waals surface area (Å²) in [5.74, 6) is 0. The van der Waals surface area contributed by atoms with E-state index in [1.165, 1.54) is 0 Å². The molecule has 2 heterocycles. The molecule has 2 N–H and O–H groups in total. The van der Waals surface area contributed by atoms with Crippen LogP contribution >= 0.6 is 11.6 Å². The zero-order valence-electron chi connectivity index (χ0n) is 17.2. The smallest absolute Gasteiger partial charge is 0.0840 e. The number of nitrogens with zero attached hydrogens (tertiary/aromatic N) is 2. The van der Waals surface area contributed by atoms with Crippen LogP contribution in [-0.4, -0.2) is 15.1 Å². The van der Waals surface area contributed by atoms with Crippen molar-refractivity contribution in [3.8, 4) is 11.1 Å². The molecule has 1 atom stereocenters. The molecular weight excluding hydrogens is 394 g/mol. The third kappa shape index (κ3) is 4.16. The van der Waals surface area contributed by atoms with E-state index < -0.39 is 5.60 Å². The fourth-order valence-corrected chi connectivity index (χ4v) is 3.69. The molecule has 0 aliphatic heterocycles. The number of hydrogen-bond acceptors (Lipinski definition) is 4. The molecule has 4 nitrogen and oxygen atoms in total. The Bertz CT molecular complexity index is 1170. The van der Waals surface area contributed by atoms with Gasteiger partial charge in [-0.3, -0.25) is 9.97 Å². The van der Waals surface area contributed by atoms with Crippen molar-refractivity contribution in [3.63, 3.8) is 0 Å². The Kier molecular flexibility index (Phi) is 5.46. The summed E-state index contributed by atoms with van der Waals surface area (Å²) in [4.78, 5) is 8.92. The van der Waals surface area contributed by atoms with Crippen molar-refractivity contribution >= 4 is 28.2 Å². The molecule has 0 radical (unpaired) electrons. The van der Waals surface area contributed by atoms with E-state index in [1.807, 2.05) is 54.6 Å². The van der Waals surface area contributed by atoms with Gasteiger partial charge >= 0.3 is 0 Å². The van der Waals surface area contributed by atoms with E-state index >= 15 is 0 Å². The number of halogens is 1. The van der Waals surface area contributed by atoms with Gasteiger partial charge in [-0.1, -0.05) is 48.0 Å². The summed E-state index contributed by atoms with van der Waals surface area (Å²) in [7, 11) is 0. The van der Waals surface area contributed by atoms with Crippen molar-refractivity contribution < 1.29 is 5.11 Å². The lowest BCUT2D eigenvalue weighted by Crippen LogP contribution is -2.14. The summed E-state index contributed by atoms with van der Waals surface area (Å²) in [5, 5.41) is 15.2. The van der Waals surface area contributed by atoms with Gasteiger partial charge in [0.1, 0.15) is 0 Å². The van der Waals surface area contributed by atoms with Gasteiger partial charge < -0.3 is 10.4 Å². The number of aliphatic hydroxyl groups is 1. The number of rotatable bonds is 5. The molecule has 4 aromatic rings. The number of fused-ring (bicyclic) bond motifs is 1. The van der Waals surface area contributed by atoms with E-state index in [2.05, 4.69) is 28.3 Å². The van der Waals surface area contributed by atoms with Gasteiger partial charge in [-0.25, -0.2) is 0 Å². The normalized spacial score (nSPS) is 12.7. The van der Waals surface area contributed by atoms with E-state index in [4.69, 9.17) is 11.6 Å². The first-order chi connectivity index (χ1) is 14.3. The summed E-state index contributed by atoms with van der Waals surface area (Å²) >= 11 is 6.53. The molecule has 0 spiro atoms. The highest BCUT2D eigenvalue weighted by molar-refractivity contribution is 6.34. The molecule has 152 valence electrons. The second-order valence-electron chi connectivity index (χ2n) is 7.97. The Labute approximate surface area is 181 Å². The van der Waals surface area contributed by atoms with Crippen molar-refractivity contribution in [3.05, 3.63) is 89.3 Å². The van der Waals surface area contributed by atoms with E-state index in [1.54, 1.807) is 26.2 Å². The Balaban J connectivity index is 1.74. The van der Waals surface area contributed by atoms with Crippen LogP contribution in [0.2, 0.25) is 5.02 Å². The number of hydrogen-bond donors (Lipinski definition) is 2. The highest BCUT2D eigenvalue weighted by Crippen LogP contribution is 2.35. The van der Waals surface area contributed by atoms with Gasteiger partial charge in [-0.2, -0.15) is 0 Å². The maximum atomic E-state index is 10.2. The molecule has 0 aliphatic rings. The van der Waals surface area contributed by atoms with Gasteiger partial charge in [0.05, 0.1) is 33.6 Å². The van der Waals surface area contributed by atoms with Crippen molar-refractivity contribution in [2.75, 3.05) is 5.32 Å². The molecule has 0 aliphatic carbocycles. The largest absolute Gasteiger partial charge is 0.386 e. The molecule has 2 aromatic carbocycles. The van der Waals surface area contributed by atoms with Crippen LogP contribution in [-0.2, 0) is 5.60 Å². The Morgan fingerprint density at radius 2 is 1.70 bits per heavy atom. The number of anilines is 1. The van der Waals surface area contributed by atoms with Gasteiger partial charge in [0.2, 0.25) is 0 Å². The molecular formula is C25H24ClN3O. The van der Waals surface area contributed by atoms with Gasteiger partial charge in [-0.15, -0.1) is 0 Å². The standard InChI is InChI=1S/C25H24ClN3O/c1-16(22-6-4-5-13-27-22)29-24-20-14-18(9-12-23(20)28-15-21(24)26)17-7-10-19(11-8-17)25(2,3)30/h4-16,30H,1-3H3,(H,28,29). The van der Waals surface area contributed by atoms with Crippen LogP contribution in [0.5, 0.6) is 0 Å². The number of aromatic nitrogens is 2. The highest BCUT2D eigenvalue weighted by Gasteiger charge is 2.16. The Morgan fingerprint density at radius 3 is 2.37 bits per heavy atom. The van der Waals surface area contributed by atoms with E-state index in [0.29, 0.717) is 5.02 Å². The predicted molar refractivity (Wildman–Crippen MR) is 124 cm³/mol. The molecule has 30 heavy (non-hydrogen) atoms. The lowest BCUT2D eigenvalue weighted by molar-refractivity contribution is 0.0786. The summed E-state index contributed by atoms with van der Waals surface area (Å²) < 4.78 is 0. The predicted octanol–water partition coefficient (Wildman–Crippen LogP) is 6.35. The van der Waals surface area contributed by atoms with Gasteiger partial charge in [0.25, 0.3) is 0 Å². The van der Waals surface area contributed by atoms with Crippen LogP contribution in [0.3, 0.4) is 0 Å². The van der Waals surface area contributed by atoms with Crippen LogP contribution < -0.4 is 5.32 Å². The van der Waals surface area contributed by atoms with Crippen LogP contribution in [0, 0.1) is 0 Å². The van der Waals surface area contributed by atoms with Crippen molar-refractivity contribution in [2.45, 2.75) is 32.4 Å². The second-order valence-corrected chi connectivity index (χ2v) is 8.38. The summed E-state index contributed by atoms with van der Waals surface area (Å²) in [6.07, 6.45) is 3.46. The average Bonchev–Trinajstić information content (AvgIpc) is 2.75. The first-order valence-electron chi connectivity index (χ1n) is 9.92. The van der Waals surface area contributed by atoms with Crippen molar-refractivity contribution in [2.24, 2.45) is 0 Å². The van der Waals surface area contributed by atoms with Crippen LogP contribution in [0.15, 0.2) is 73.1 Å². The summed E-state index contributed by atoms with van der Waals surface area (Å²) in [6.45, 7) is 5.63. The van der Waals surface area contributed by atoms with Gasteiger partial charge in [0, 0.05) is 17.8 Å². The van der Waals surface area contributed by atoms with E-state index in [9.17, 15) is 5.11 Å². The summed E-state index contributed by atoms with van der Waals surface area (Å²) in [5.41, 5.74) is 4.79. The first-order valence-corrected chi connectivity index (χ1v) is 10.3. The molecule has 0 fully saturated rings. The second kappa shape index (κ2) is 8.05. The average molecular weight is 418 g/mol. The van der Waals surface area contributed by atoms with Gasteiger partial charge in [0.15, 0.2) is 0 Å². The quantitative estimate of drug-likeness (QED) is 0.397. The summed E-state index contributed by atoms with van der Waals surface area (Å²) in [6, 6.07) is 20.0. The Hall–Kier alpha value is -2.95. The number of benzene rings is 2. The molecule has 0 saturated heterocycles. The Morgan fingerprint density at radius 1 is 0.967 bits per heavy atom. The number of pyridine rings is 2. The minimum atomic E-state index is -0.863. The van der Waals surface area contributed by atoms with Crippen molar-refractivity contribution in [1.82, 2.24) is 9.97 Å². The minimum absolute atomic E-state index is 0.0102. The zero-order chi connectivity index (χ0) is 21.3. The first kappa shape index (κ1) is 20.3. The van der Waals surface area contributed by atoms with Crippen LogP contribution in [0.25, 0.3) is 22.0 Å². The SMILES string of the molecule is CC(Nc1c(Cl)cnc2ccc(-c3ccc(C(C)(C)O)cc3)cc12)c1ccccn1. The van der Waals surface area contributed by atoms with Crippen LogP contribution in [0.1, 0.15) is 38.1 Å². The molecule has 1 unspecified atom stereocenters.